The largest absolute Gasteiger partial charge is 0.466 e. The maximum Gasteiger partial charge on any atom is 0.410 e. The summed E-state index contributed by atoms with van der Waals surface area (Å²) in [6.45, 7) is 9.97. The first-order chi connectivity index (χ1) is 17.5. The van der Waals surface area contributed by atoms with Crippen LogP contribution in [0.2, 0.25) is 0 Å². The van der Waals surface area contributed by atoms with Gasteiger partial charge < -0.3 is 24.6 Å². The number of likely N-dealkylation sites (tertiary alicyclic amines) is 2. The number of hydrogen-bond acceptors (Lipinski definition) is 6. The van der Waals surface area contributed by atoms with Crippen LogP contribution in [0, 0.1) is 24.2 Å². The molecule has 1 unspecified atom stereocenters. The van der Waals surface area contributed by atoms with Crippen LogP contribution < -0.4 is 5.32 Å². The Morgan fingerprint density at radius 2 is 1.81 bits per heavy atom. The van der Waals surface area contributed by atoms with E-state index in [1.807, 2.05) is 33.8 Å². The molecular formula is C28H43N3O6. The van der Waals surface area contributed by atoms with Gasteiger partial charge in [-0.05, 0) is 64.9 Å². The van der Waals surface area contributed by atoms with E-state index in [0.717, 1.165) is 25.7 Å². The summed E-state index contributed by atoms with van der Waals surface area (Å²) in [7, 11) is 0. The van der Waals surface area contributed by atoms with Crippen molar-refractivity contribution in [2.24, 2.45) is 11.8 Å². The van der Waals surface area contributed by atoms with Gasteiger partial charge in [0.15, 0.2) is 0 Å². The average molecular weight is 518 g/mol. The van der Waals surface area contributed by atoms with Crippen LogP contribution in [0.5, 0.6) is 0 Å². The van der Waals surface area contributed by atoms with Crippen LogP contribution in [0.15, 0.2) is 12.2 Å². The van der Waals surface area contributed by atoms with Crippen molar-refractivity contribution in [2.75, 3.05) is 32.8 Å². The molecule has 0 bridgehead atoms. The van der Waals surface area contributed by atoms with Crippen molar-refractivity contribution in [2.45, 2.75) is 84.3 Å². The summed E-state index contributed by atoms with van der Waals surface area (Å²) in [5, 5.41) is 2.75. The van der Waals surface area contributed by atoms with E-state index < -0.39 is 17.6 Å². The molecule has 0 aromatic heterocycles. The van der Waals surface area contributed by atoms with E-state index in [2.05, 4.69) is 11.2 Å². The smallest absolute Gasteiger partial charge is 0.410 e. The quantitative estimate of drug-likeness (QED) is 0.218. The van der Waals surface area contributed by atoms with Crippen molar-refractivity contribution < 1.29 is 28.7 Å². The van der Waals surface area contributed by atoms with E-state index in [4.69, 9.17) is 15.9 Å². The lowest BCUT2D eigenvalue weighted by molar-refractivity contribution is -0.144. The van der Waals surface area contributed by atoms with Gasteiger partial charge in [0.2, 0.25) is 11.8 Å². The molecule has 0 aromatic rings. The Hall–Kier alpha value is -3.02. The molecule has 0 radical (unpaired) electrons. The highest BCUT2D eigenvalue weighted by molar-refractivity contribution is 5.88. The number of carbonyl (C=O) groups is 4. The van der Waals surface area contributed by atoms with Crippen LogP contribution in [0.1, 0.15) is 72.6 Å². The highest BCUT2D eigenvalue weighted by Gasteiger charge is 2.30. The SMILES string of the molecule is C#CC(CC(=O)OCCCC)NC(=O)[C@@H]1CCCN(C(=O)/C=C/C2CCN(C(=O)OC(C)(C)C)CC2)C1. The zero-order valence-electron chi connectivity index (χ0n) is 22.8. The monoisotopic (exact) mass is 517 g/mol. The first-order valence-corrected chi connectivity index (χ1v) is 13.4. The van der Waals surface area contributed by atoms with Gasteiger partial charge in [-0.15, -0.1) is 6.42 Å². The Balaban J connectivity index is 1.79. The number of ether oxygens (including phenoxy) is 2. The second-order valence-corrected chi connectivity index (χ2v) is 10.8. The molecule has 2 saturated heterocycles. The highest BCUT2D eigenvalue weighted by Crippen LogP contribution is 2.22. The molecule has 2 aliphatic rings. The minimum atomic E-state index is -0.737. The maximum absolute atomic E-state index is 12.8. The lowest BCUT2D eigenvalue weighted by Gasteiger charge is -2.33. The van der Waals surface area contributed by atoms with Gasteiger partial charge in [0.05, 0.1) is 18.9 Å². The maximum atomic E-state index is 12.8. The number of rotatable bonds is 9. The molecule has 0 aromatic carbocycles. The molecule has 9 nitrogen and oxygen atoms in total. The fourth-order valence-corrected chi connectivity index (χ4v) is 4.31. The standard InChI is InChI=1S/C28H43N3O6/c1-6-8-18-36-25(33)19-23(7-2)29-26(34)22-10-9-15-31(20-22)24(32)12-11-21-13-16-30(17-14-21)27(35)37-28(3,4)5/h2,11-12,21-23H,6,8-10,13-20H2,1,3-5H3,(H,29,34)/b12-11+/t22-,23?/m1/s1. The molecule has 3 amide bonds. The number of allylic oxidation sites excluding steroid dienone is 1. The third-order valence-corrected chi connectivity index (χ3v) is 6.46. The molecule has 2 fully saturated rings. The summed E-state index contributed by atoms with van der Waals surface area (Å²) in [6, 6.07) is -0.737. The summed E-state index contributed by atoms with van der Waals surface area (Å²) < 4.78 is 10.6. The van der Waals surface area contributed by atoms with Crippen molar-refractivity contribution in [3.05, 3.63) is 12.2 Å². The number of nitrogens with zero attached hydrogens (tertiary/aromatic N) is 2. The van der Waals surface area contributed by atoms with Crippen molar-refractivity contribution in [1.29, 1.82) is 0 Å². The van der Waals surface area contributed by atoms with E-state index in [9.17, 15) is 19.2 Å². The van der Waals surface area contributed by atoms with E-state index in [1.165, 1.54) is 0 Å². The number of unbranched alkanes of at least 4 members (excludes halogenated alkanes) is 1. The van der Waals surface area contributed by atoms with Gasteiger partial charge in [-0.3, -0.25) is 14.4 Å². The highest BCUT2D eigenvalue weighted by atomic mass is 16.6. The Bertz CT molecular complexity index is 864. The zero-order chi connectivity index (χ0) is 27.4. The molecule has 206 valence electrons. The van der Waals surface area contributed by atoms with Crippen molar-refractivity contribution >= 4 is 23.9 Å². The van der Waals surface area contributed by atoms with Gasteiger partial charge in [0.25, 0.3) is 0 Å². The minimum Gasteiger partial charge on any atom is -0.466 e. The van der Waals surface area contributed by atoms with Gasteiger partial charge >= 0.3 is 12.1 Å². The Morgan fingerprint density at radius 1 is 1.11 bits per heavy atom. The summed E-state index contributed by atoms with van der Waals surface area (Å²) >= 11 is 0. The van der Waals surface area contributed by atoms with Crippen LogP contribution in [0.3, 0.4) is 0 Å². The molecule has 2 aliphatic heterocycles. The van der Waals surface area contributed by atoms with Gasteiger partial charge in [0, 0.05) is 26.2 Å². The molecule has 9 heteroatoms. The second-order valence-electron chi connectivity index (χ2n) is 10.8. The lowest BCUT2D eigenvalue weighted by Crippen LogP contribution is -2.47. The first kappa shape index (κ1) is 30.2. The Kier molecular flexibility index (Phi) is 12.0. The van der Waals surface area contributed by atoms with E-state index in [-0.39, 0.29) is 36.2 Å². The fraction of sp³-hybridized carbons (Fsp3) is 0.714. The summed E-state index contributed by atoms with van der Waals surface area (Å²) in [5.74, 6) is 1.47. The topological polar surface area (TPSA) is 105 Å². The molecule has 2 rings (SSSR count). The summed E-state index contributed by atoms with van der Waals surface area (Å²) in [6.07, 6.45) is 13.2. The molecule has 0 saturated carbocycles. The number of hydrogen-bond donors (Lipinski definition) is 1. The third kappa shape index (κ3) is 10.9. The van der Waals surface area contributed by atoms with Crippen molar-refractivity contribution in [1.82, 2.24) is 15.1 Å². The fourth-order valence-electron chi connectivity index (χ4n) is 4.31. The second kappa shape index (κ2) is 14.7. The van der Waals surface area contributed by atoms with Crippen LogP contribution in [0.25, 0.3) is 0 Å². The van der Waals surface area contributed by atoms with Gasteiger partial charge in [-0.1, -0.05) is 25.3 Å². The Labute approximate surface area is 221 Å². The predicted octanol–water partition coefficient (Wildman–Crippen LogP) is 3.28. The minimum absolute atomic E-state index is 0.0726. The number of terminal acetylenes is 1. The summed E-state index contributed by atoms with van der Waals surface area (Å²) in [4.78, 5) is 53.2. The van der Waals surface area contributed by atoms with Crippen molar-refractivity contribution in [3.8, 4) is 12.3 Å². The van der Waals surface area contributed by atoms with Gasteiger partial charge in [-0.25, -0.2) is 4.79 Å². The molecular weight excluding hydrogens is 474 g/mol. The number of amides is 3. The number of piperidine rings is 2. The predicted molar refractivity (Wildman–Crippen MR) is 140 cm³/mol. The van der Waals surface area contributed by atoms with Gasteiger partial charge in [-0.2, -0.15) is 0 Å². The molecule has 2 heterocycles. The normalized spacial score (nSPS) is 19.7. The van der Waals surface area contributed by atoms with E-state index in [0.29, 0.717) is 45.6 Å². The molecule has 2 atom stereocenters. The molecule has 1 N–H and O–H groups in total. The average Bonchev–Trinajstić information content (AvgIpc) is 2.86. The number of esters is 1. The zero-order valence-corrected chi connectivity index (χ0v) is 22.8. The third-order valence-electron chi connectivity index (χ3n) is 6.46. The Morgan fingerprint density at radius 3 is 2.43 bits per heavy atom. The number of nitrogens with one attached hydrogen (secondary N) is 1. The lowest BCUT2D eigenvalue weighted by atomic mass is 9.95. The number of carbonyl (C=O) groups excluding carboxylic acids is 4. The molecule has 0 aliphatic carbocycles. The van der Waals surface area contributed by atoms with Crippen LogP contribution in [0.4, 0.5) is 4.79 Å². The molecule has 0 spiro atoms. The van der Waals surface area contributed by atoms with Crippen LogP contribution >= 0.6 is 0 Å². The first-order valence-electron chi connectivity index (χ1n) is 13.4. The van der Waals surface area contributed by atoms with Crippen LogP contribution in [-0.2, 0) is 23.9 Å². The van der Waals surface area contributed by atoms with E-state index >= 15 is 0 Å². The van der Waals surface area contributed by atoms with E-state index in [1.54, 1.807) is 15.9 Å². The van der Waals surface area contributed by atoms with Crippen LogP contribution in [-0.4, -0.2) is 78.1 Å². The van der Waals surface area contributed by atoms with Gasteiger partial charge in [0.1, 0.15) is 11.6 Å². The summed E-state index contributed by atoms with van der Waals surface area (Å²) in [5.41, 5.74) is -0.523. The molecule has 37 heavy (non-hydrogen) atoms. The van der Waals surface area contributed by atoms with Crippen molar-refractivity contribution in [3.63, 3.8) is 0 Å².